The molecule has 25 heavy (non-hydrogen) atoms. The van der Waals surface area contributed by atoms with Crippen LogP contribution in [0.1, 0.15) is 31.5 Å². The molecule has 1 fully saturated rings. The van der Waals surface area contributed by atoms with E-state index in [9.17, 15) is 9.18 Å². The van der Waals surface area contributed by atoms with Gasteiger partial charge in [-0.3, -0.25) is 4.79 Å². The normalized spacial score (nSPS) is 15.0. The Bertz CT molecular complexity index is 806. The molecule has 3 rings (SSSR count). The zero-order valence-corrected chi connectivity index (χ0v) is 15.3. The minimum absolute atomic E-state index is 0.163. The topological polar surface area (TPSA) is 59.8 Å². The molecule has 1 aromatic heterocycles. The quantitative estimate of drug-likeness (QED) is 0.576. The molecule has 1 unspecified atom stereocenters. The lowest BCUT2D eigenvalue weighted by atomic mass is 10.3. The molecule has 132 valence electrons. The van der Waals surface area contributed by atoms with Crippen LogP contribution in [0.5, 0.6) is 0 Å². The van der Waals surface area contributed by atoms with Crippen molar-refractivity contribution < 1.29 is 9.18 Å². The monoisotopic (exact) mass is 380 g/mol. The standard InChI is InChI=1S/C17H18ClFN4OS/c1-3-8-23-15(11-4-5-11)21-22-17(23)25-10(2)16(24)20-14-7-6-12(19)9-13(14)18/h3,6-7,9-11H,1,4-5,8H2,2H3,(H,20,24). The van der Waals surface area contributed by atoms with Gasteiger partial charge in [-0.1, -0.05) is 29.4 Å². The maximum Gasteiger partial charge on any atom is 0.237 e. The number of thioether (sulfide) groups is 1. The molecule has 0 radical (unpaired) electrons. The Morgan fingerprint density at radius 2 is 2.32 bits per heavy atom. The summed E-state index contributed by atoms with van der Waals surface area (Å²) in [5.74, 6) is 0.732. The molecule has 1 saturated carbocycles. The van der Waals surface area contributed by atoms with E-state index in [1.54, 1.807) is 13.0 Å². The van der Waals surface area contributed by atoms with E-state index in [1.165, 1.54) is 23.9 Å². The number of hydrogen-bond donors (Lipinski definition) is 1. The molecule has 0 bridgehead atoms. The van der Waals surface area contributed by atoms with Crippen LogP contribution >= 0.6 is 23.4 Å². The highest BCUT2D eigenvalue weighted by molar-refractivity contribution is 8.00. The van der Waals surface area contributed by atoms with Gasteiger partial charge in [0.2, 0.25) is 5.91 Å². The number of nitrogens with zero attached hydrogens (tertiary/aromatic N) is 3. The molecule has 1 amide bonds. The van der Waals surface area contributed by atoms with Gasteiger partial charge < -0.3 is 9.88 Å². The molecule has 1 N–H and O–H groups in total. The largest absolute Gasteiger partial charge is 0.324 e. The fraction of sp³-hybridized carbons (Fsp3) is 0.353. The van der Waals surface area contributed by atoms with Crippen molar-refractivity contribution in [1.82, 2.24) is 14.8 Å². The summed E-state index contributed by atoms with van der Waals surface area (Å²) in [5.41, 5.74) is 0.381. The molecule has 1 aliphatic carbocycles. The van der Waals surface area contributed by atoms with E-state index in [0.29, 0.717) is 23.3 Å². The highest BCUT2D eigenvalue weighted by atomic mass is 35.5. The number of rotatable bonds is 7. The lowest BCUT2D eigenvalue weighted by Gasteiger charge is -2.13. The van der Waals surface area contributed by atoms with Gasteiger partial charge in [-0.05, 0) is 38.0 Å². The van der Waals surface area contributed by atoms with Crippen LogP contribution in [-0.2, 0) is 11.3 Å². The Hall–Kier alpha value is -1.86. The Morgan fingerprint density at radius 3 is 2.96 bits per heavy atom. The van der Waals surface area contributed by atoms with Crippen LogP contribution < -0.4 is 5.32 Å². The Balaban J connectivity index is 1.70. The van der Waals surface area contributed by atoms with E-state index in [-0.39, 0.29) is 10.9 Å². The molecule has 8 heteroatoms. The van der Waals surface area contributed by atoms with Crippen molar-refractivity contribution in [3.05, 3.63) is 47.5 Å². The van der Waals surface area contributed by atoms with Gasteiger partial charge in [-0.15, -0.1) is 16.8 Å². The van der Waals surface area contributed by atoms with Gasteiger partial charge in [0, 0.05) is 12.5 Å². The summed E-state index contributed by atoms with van der Waals surface area (Å²) < 4.78 is 15.1. The second kappa shape index (κ2) is 7.58. The molecular weight excluding hydrogens is 363 g/mol. The van der Waals surface area contributed by atoms with E-state index < -0.39 is 11.1 Å². The maximum atomic E-state index is 13.1. The molecule has 5 nitrogen and oxygen atoms in total. The zero-order valence-electron chi connectivity index (χ0n) is 13.7. The summed E-state index contributed by atoms with van der Waals surface area (Å²) in [6.45, 7) is 6.16. The number of allylic oxidation sites excluding steroid dienone is 1. The average molecular weight is 381 g/mol. The lowest BCUT2D eigenvalue weighted by molar-refractivity contribution is -0.115. The Morgan fingerprint density at radius 1 is 1.56 bits per heavy atom. The summed E-state index contributed by atoms with van der Waals surface area (Å²) in [5, 5.41) is 11.6. The smallest absolute Gasteiger partial charge is 0.237 e. The predicted octanol–water partition coefficient (Wildman–Crippen LogP) is 4.25. The van der Waals surface area contributed by atoms with Crippen LogP contribution in [0.25, 0.3) is 0 Å². The number of nitrogens with one attached hydrogen (secondary N) is 1. The zero-order chi connectivity index (χ0) is 18.0. The predicted molar refractivity (Wildman–Crippen MR) is 97.6 cm³/mol. The lowest BCUT2D eigenvalue weighted by Crippen LogP contribution is -2.23. The average Bonchev–Trinajstić information content (AvgIpc) is 3.34. The van der Waals surface area contributed by atoms with Crippen molar-refractivity contribution >= 4 is 35.0 Å². The first-order valence-electron chi connectivity index (χ1n) is 7.96. The van der Waals surface area contributed by atoms with Crippen molar-refractivity contribution in [3.8, 4) is 0 Å². The summed E-state index contributed by atoms with van der Waals surface area (Å²) >= 11 is 7.28. The third-order valence-electron chi connectivity index (χ3n) is 3.84. The van der Waals surface area contributed by atoms with Gasteiger partial charge in [-0.2, -0.15) is 0 Å². The van der Waals surface area contributed by atoms with Crippen LogP contribution in [-0.4, -0.2) is 25.9 Å². The van der Waals surface area contributed by atoms with E-state index in [4.69, 9.17) is 11.6 Å². The van der Waals surface area contributed by atoms with Gasteiger partial charge in [0.25, 0.3) is 0 Å². The number of halogens is 2. The number of anilines is 1. The molecule has 1 heterocycles. The van der Waals surface area contributed by atoms with Crippen molar-refractivity contribution in [3.63, 3.8) is 0 Å². The van der Waals surface area contributed by atoms with Crippen LogP contribution in [0, 0.1) is 5.82 Å². The third kappa shape index (κ3) is 4.22. The molecule has 1 aromatic carbocycles. The van der Waals surface area contributed by atoms with E-state index in [2.05, 4.69) is 22.1 Å². The second-order valence-electron chi connectivity index (χ2n) is 5.89. The van der Waals surface area contributed by atoms with E-state index in [0.717, 1.165) is 24.7 Å². The SMILES string of the molecule is C=CCn1c(SC(C)C(=O)Nc2ccc(F)cc2Cl)nnc1C1CC1. The van der Waals surface area contributed by atoms with Gasteiger partial charge in [0.05, 0.1) is 16.0 Å². The Labute approximate surface area is 154 Å². The molecule has 1 aliphatic rings. The first kappa shape index (κ1) is 17.9. The number of carbonyl (C=O) groups is 1. The van der Waals surface area contributed by atoms with Crippen LogP contribution in [0.2, 0.25) is 5.02 Å². The molecule has 0 spiro atoms. The van der Waals surface area contributed by atoms with Gasteiger partial charge in [-0.25, -0.2) is 4.39 Å². The fourth-order valence-electron chi connectivity index (χ4n) is 2.37. The molecule has 2 aromatic rings. The van der Waals surface area contributed by atoms with Crippen molar-refractivity contribution in [2.45, 2.75) is 42.6 Å². The minimum Gasteiger partial charge on any atom is -0.324 e. The molecule has 0 aliphatic heterocycles. The third-order valence-corrected chi connectivity index (χ3v) is 5.23. The summed E-state index contributed by atoms with van der Waals surface area (Å²) in [4.78, 5) is 12.4. The second-order valence-corrected chi connectivity index (χ2v) is 7.60. The summed E-state index contributed by atoms with van der Waals surface area (Å²) in [6, 6.07) is 3.86. The minimum atomic E-state index is -0.449. The highest BCUT2D eigenvalue weighted by Gasteiger charge is 2.31. The van der Waals surface area contributed by atoms with Gasteiger partial charge >= 0.3 is 0 Å². The van der Waals surface area contributed by atoms with Crippen molar-refractivity contribution in [2.24, 2.45) is 0 Å². The number of hydrogen-bond acceptors (Lipinski definition) is 4. The van der Waals surface area contributed by atoms with Crippen LogP contribution in [0.15, 0.2) is 36.0 Å². The van der Waals surface area contributed by atoms with Crippen molar-refractivity contribution in [2.75, 3.05) is 5.32 Å². The van der Waals surface area contributed by atoms with E-state index >= 15 is 0 Å². The van der Waals surface area contributed by atoms with Gasteiger partial charge in [0.1, 0.15) is 11.6 Å². The molecule has 0 saturated heterocycles. The maximum absolute atomic E-state index is 13.1. The fourth-order valence-corrected chi connectivity index (χ4v) is 3.45. The van der Waals surface area contributed by atoms with Crippen molar-refractivity contribution in [1.29, 1.82) is 0 Å². The number of carbonyl (C=O) groups excluding carboxylic acids is 1. The summed E-state index contributed by atoms with van der Waals surface area (Å²) in [6.07, 6.45) is 4.04. The molecule has 1 atom stereocenters. The first-order chi connectivity index (χ1) is 12.0. The first-order valence-corrected chi connectivity index (χ1v) is 9.22. The van der Waals surface area contributed by atoms with Crippen LogP contribution in [0.4, 0.5) is 10.1 Å². The molecular formula is C17H18ClFN4OS. The number of aromatic nitrogens is 3. The van der Waals surface area contributed by atoms with E-state index in [1.807, 2.05) is 4.57 Å². The highest BCUT2D eigenvalue weighted by Crippen LogP contribution is 2.40. The number of benzene rings is 1. The van der Waals surface area contributed by atoms with Crippen LogP contribution in [0.3, 0.4) is 0 Å². The number of amides is 1. The summed E-state index contributed by atoms with van der Waals surface area (Å²) in [7, 11) is 0. The van der Waals surface area contributed by atoms with Gasteiger partial charge in [0.15, 0.2) is 5.16 Å². The Kier molecular flexibility index (Phi) is 5.44.